The molecule has 1 nitrogen and oxygen atoms in total. The molecule has 2 N–H and O–H groups in total. The number of rotatable bonds is 1. The van der Waals surface area contributed by atoms with Gasteiger partial charge in [0.05, 0.1) is 0 Å². The topological polar surface area (TPSA) is 26.0 Å². The van der Waals surface area contributed by atoms with Crippen molar-refractivity contribution in [3.05, 3.63) is 0 Å². The van der Waals surface area contributed by atoms with Gasteiger partial charge in [-0.2, -0.15) is 0 Å². The van der Waals surface area contributed by atoms with Crippen molar-refractivity contribution in [2.45, 2.75) is 11.6 Å². The van der Waals surface area contributed by atoms with Crippen molar-refractivity contribution in [3.63, 3.8) is 0 Å². The van der Waals surface area contributed by atoms with Gasteiger partial charge in [0.1, 0.15) is 0 Å². The van der Waals surface area contributed by atoms with E-state index >= 15 is 0 Å². The van der Waals surface area contributed by atoms with Gasteiger partial charge in [0.2, 0.25) is 0 Å². The monoisotopic (exact) mass is 226 g/mol. The molecule has 0 saturated carbocycles. The molecule has 0 fully saturated rings. The van der Waals surface area contributed by atoms with E-state index in [4.69, 9.17) is 4.14 Å². The molecule has 2 heteroatoms. The molecule has 0 aliphatic rings. The summed E-state index contributed by atoms with van der Waals surface area (Å²) in [6.07, 6.45) is 0. The van der Waals surface area contributed by atoms with E-state index in [9.17, 15) is 0 Å². The summed E-state index contributed by atoms with van der Waals surface area (Å²) in [5.74, 6) is 0. The second-order valence-corrected chi connectivity index (χ2v) is 4.08. The van der Waals surface area contributed by atoms with Crippen LogP contribution in [0.3, 0.4) is 0 Å². The first-order valence-electron chi connectivity index (χ1n) is 1.28. The fraction of sp³-hybridized carbons (Fsp3) is 1.00. The number of nitrogens with two attached hydrogens (primary N) is 1. The van der Waals surface area contributed by atoms with Crippen LogP contribution < -0.4 is 4.14 Å². The van der Waals surface area contributed by atoms with Crippen LogP contribution in [0.1, 0.15) is 6.92 Å². The van der Waals surface area contributed by atoms with E-state index in [-0.39, 0.29) is 20.0 Å². The molecule has 0 atom stereocenters. The first-order chi connectivity index (χ1) is 1.91. The fourth-order valence-corrected chi connectivity index (χ4v) is 0. The van der Waals surface area contributed by atoms with Crippen LogP contribution in [0.15, 0.2) is 0 Å². The van der Waals surface area contributed by atoms with Crippen LogP contribution in [0.4, 0.5) is 0 Å². The summed E-state index contributed by atoms with van der Waals surface area (Å²) in [5, 5.41) is 0. The zero-order valence-electron chi connectivity index (χ0n) is 2.73. The van der Waals surface area contributed by atoms with E-state index in [1.54, 1.807) is 0 Å². The summed E-state index contributed by atoms with van der Waals surface area (Å²) in [6.45, 7) is 2.14. The average molecular weight is 226 g/mol. The van der Waals surface area contributed by atoms with Crippen molar-refractivity contribution in [2.75, 3.05) is 0 Å². The molecule has 0 aliphatic heterocycles. The van der Waals surface area contributed by atoms with Crippen LogP contribution in [-0.2, 0) is 20.0 Å². The Morgan fingerprint density at radius 2 is 2.25 bits per heavy atom. The van der Waals surface area contributed by atoms with E-state index in [0.29, 0.717) is 0 Å². The number of hydrogen-bond acceptors (Lipinski definition) is 1. The van der Waals surface area contributed by atoms with Gasteiger partial charge in [-0.15, -0.1) is 0 Å². The SMILES string of the molecule is C[CH2][Ta][NH2]. The summed E-state index contributed by atoms with van der Waals surface area (Å²) in [5.41, 5.74) is 0. The molecule has 0 amide bonds. The molecular formula is C2H7NTa. The van der Waals surface area contributed by atoms with Gasteiger partial charge in [0.25, 0.3) is 0 Å². The summed E-state index contributed by atoms with van der Waals surface area (Å²) in [7, 11) is 0. The van der Waals surface area contributed by atoms with Gasteiger partial charge in [-0.3, -0.25) is 0 Å². The maximum absolute atomic E-state index is 5.21. The van der Waals surface area contributed by atoms with Gasteiger partial charge in [-0.1, -0.05) is 0 Å². The van der Waals surface area contributed by atoms with Gasteiger partial charge in [-0.05, 0) is 0 Å². The second-order valence-electron chi connectivity index (χ2n) is 0.499. The molecule has 0 unspecified atom stereocenters. The Kier molecular flexibility index (Phi) is 4.35. The third kappa shape index (κ3) is 2.70. The first-order valence-corrected chi connectivity index (χ1v) is 5.41. The van der Waals surface area contributed by atoms with E-state index in [1.165, 1.54) is 4.64 Å². The minimum atomic E-state index is -0.344. The molecule has 25 valence electrons. The quantitative estimate of drug-likeness (QED) is 0.687. The van der Waals surface area contributed by atoms with Crippen molar-refractivity contribution in [1.82, 2.24) is 0 Å². The molecule has 0 aromatic rings. The van der Waals surface area contributed by atoms with Crippen LogP contribution in [-0.4, -0.2) is 0 Å². The number of hydrogen-bond donors (Lipinski definition) is 1. The van der Waals surface area contributed by atoms with E-state index in [1.807, 2.05) is 0 Å². The Morgan fingerprint density at radius 1 is 2.00 bits per heavy atom. The van der Waals surface area contributed by atoms with Crippen LogP contribution in [0.25, 0.3) is 0 Å². The molecular weight excluding hydrogens is 219 g/mol. The molecule has 0 radical (unpaired) electrons. The Labute approximate surface area is 36.2 Å². The van der Waals surface area contributed by atoms with E-state index < -0.39 is 0 Å². The molecule has 0 rings (SSSR count). The Balaban J connectivity index is 1.97. The zero-order chi connectivity index (χ0) is 3.41. The van der Waals surface area contributed by atoms with Crippen molar-refractivity contribution >= 4 is 0 Å². The van der Waals surface area contributed by atoms with Gasteiger partial charge < -0.3 is 0 Å². The van der Waals surface area contributed by atoms with Crippen molar-refractivity contribution in [3.8, 4) is 0 Å². The Hall–Kier alpha value is 0.700. The summed E-state index contributed by atoms with van der Waals surface area (Å²) in [4.78, 5) is 0. The van der Waals surface area contributed by atoms with Gasteiger partial charge in [-0.25, -0.2) is 0 Å². The zero-order valence-corrected chi connectivity index (χ0v) is 5.95. The Morgan fingerprint density at radius 3 is 2.25 bits per heavy atom. The summed E-state index contributed by atoms with van der Waals surface area (Å²) in [6, 6.07) is 0. The summed E-state index contributed by atoms with van der Waals surface area (Å²) >= 11 is -0.344. The first kappa shape index (κ1) is 4.70. The normalized spacial score (nSPS) is 6.50. The van der Waals surface area contributed by atoms with Crippen molar-refractivity contribution < 1.29 is 20.0 Å². The molecule has 0 aliphatic carbocycles. The predicted molar refractivity (Wildman–Crippen MR) is 14.7 cm³/mol. The van der Waals surface area contributed by atoms with Crippen LogP contribution >= 0.6 is 0 Å². The van der Waals surface area contributed by atoms with E-state index in [2.05, 4.69) is 6.92 Å². The average Bonchev–Trinajstić information content (AvgIpc) is 1.37. The second kappa shape index (κ2) is 3.70. The van der Waals surface area contributed by atoms with Gasteiger partial charge >= 0.3 is 35.7 Å². The summed E-state index contributed by atoms with van der Waals surface area (Å²) < 4.78 is 6.49. The van der Waals surface area contributed by atoms with Crippen LogP contribution in [0, 0.1) is 0 Å². The predicted octanol–water partition coefficient (Wildman–Crippen LogP) is 0.381. The van der Waals surface area contributed by atoms with Crippen molar-refractivity contribution in [2.24, 2.45) is 4.14 Å². The molecule has 4 heavy (non-hydrogen) atoms. The minimum absolute atomic E-state index is 0.344. The Bertz CT molecular complexity index is 8.00. The molecule has 0 aromatic heterocycles. The van der Waals surface area contributed by atoms with Gasteiger partial charge in [0.15, 0.2) is 0 Å². The fourth-order valence-electron chi connectivity index (χ4n) is 0. The third-order valence-corrected chi connectivity index (χ3v) is 1.49. The molecule has 0 bridgehead atoms. The third-order valence-electron chi connectivity index (χ3n) is 0.183. The van der Waals surface area contributed by atoms with Gasteiger partial charge in [0, 0.05) is 0 Å². The van der Waals surface area contributed by atoms with Crippen molar-refractivity contribution in [1.29, 1.82) is 0 Å². The van der Waals surface area contributed by atoms with Crippen LogP contribution in [0.5, 0.6) is 0 Å². The van der Waals surface area contributed by atoms with E-state index in [0.717, 1.165) is 0 Å². The maximum atomic E-state index is 5.21. The molecule has 0 heterocycles. The standard InChI is InChI=1S/C2H5.H2N.Ta/c1-2;;/h1H2,2H3;1H2;/q;-1;+1. The van der Waals surface area contributed by atoms with Crippen LogP contribution in [0.2, 0.25) is 4.64 Å². The molecule has 0 aromatic carbocycles. The molecule has 0 saturated heterocycles. The molecule has 0 spiro atoms.